The van der Waals surface area contributed by atoms with Crippen molar-refractivity contribution in [1.82, 2.24) is 9.30 Å². The highest BCUT2D eigenvalue weighted by molar-refractivity contribution is 6.09. The van der Waals surface area contributed by atoms with Crippen LogP contribution in [0.1, 0.15) is 60.3 Å². The molecule has 0 aliphatic carbocycles. The Kier molecular flexibility index (Phi) is 8.94. The number of nitrogens with zero attached hydrogens (tertiary/aromatic N) is 2. The van der Waals surface area contributed by atoms with Crippen LogP contribution in [0.15, 0.2) is 54.7 Å². The first-order valence-electron chi connectivity index (χ1n) is 10.6. The van der Waals surface area contributed by atoms with Crippen LogP contribution >= 0.6 is 12.4 Å². The monoisotopic (exact) mass is 412 g/mol. The van der Waals surface area contributed by atoms with Gasteiger partial charge in [0.2, 0.25) is 5.78 Å². The Morgan fingerprint density at radius 3 is 2.45 bits per heavy atom. The average Bonchev–Trinajstić information content (AvgIpc) is 3.06. The molecule has 156 valence electrons. The molecule has 0 aliphatic rings. The summed E-state index contributed by atoms with van der Waals surface area (Å²) in [6.07, 6.45) is 6.67. The van der Waals surface area contributed by atoms with Crippen LogP contribution in [0.25, 0.3) is 5.52 Å². The van der Waals surface area contributed by atoms with Gasteiger partial charge in [0.25, 0.3) is 0 Å². The molecule has 2 heterocycles. The average molecular weight is 413 g/mol. The van der Waals surface area contributed by atoms with Gasteiger partial charge in [-0.15, -0.1) is 12.4 Å². The number of unbranched alkanes of at least 4 members (excludes halogenated alkanes) is 1. The summed E-state index contributed by atoms with van der Waals surface area (Å²) < 4.78 is 1.99. The van der Waals surface area contributed by atoms with E-state index in [9.17, 15) is 4.79 Å². The van der Waals surface area contributed by atoms with Gasteiger partial charge in [-0.1, -0.05) is 44.2 Å². The molecule has 1 aromatic carbocycles. The topological polar surface area (TPSA) is 24.7 Å². The van der Waals surface area contributed by atoms with E-state index in [2.05, 4.69) is 36.9 Å². The van der Waals surface area contributed by atoms with E-state index in [4.69, 9.17) is 0 Å². The Morgan fingerprint density at radius 2 is 1.76 bits per heavy atom. The fourth-order valence-corrected chi connectivity index (χ4v) is 3.91. The van der Waals surface area contributed by atoms with Crippen LogP contribution in [-0.4, -0.2) is 34.7 Å². The summed E-state index contributed by atoms with van der Waals surface area (Å²) in [6.45, 7) is 10.00. The maximum Gasteiger partial charge on any atom is 0.210 e. The molecule has 0 atom stereocenters. The third-order valence-electron chi connectivity index (χ3n) is 5.48. The van der Waals surface area contributed by atoms with Crippen LogP contribution < -0.4 is 0 Å². The summed E-state index contributed by atoms with van der Waals surface area (Å²) in [5.74, 6) is 0.0911. The molecular formula is C25H33ClN2O. The first-order chi connectivity index (χ1) is 13.6. The number of pyridine rings is 1. The van der Waals surface area contributed by atoms with E-state index in [1.807, 2.05) is 47.9 Å². The van der Waals surface area contributed by atoms with Crippen molar-refractivity contribution in [2.75, 3.05) is 19.6 Å². The zero-order valence-electron chi connectivity index (χ0n) is 17.9. The molecule has 0 N–H and O–H groups in total. The van der Waals surface area contributed by atoms with Crippen LogP contribution in [0.3, 0.4) is 0 Å². The van der Waals surface area contributed by atoms with Crippen LogP contribution in [0, 0.1) is 6.92 Å². The van der Waals surface area contributed by atoms with Gasteiger partial charge in [-0.3, -0.25) is 4.79 Å². The molecule has 0 saturated heterocycles. The summed E-state index contributed by atoms with van der Waals surface area (Å²) in [6, 6.07) is 16.3. The molecule has 29 heavy (non-hydrogen) atoms. The first-order valence-corrected chi connectivity index (χ1v) is 10.6. The molecule has 0 aliphatic heterocycles. The number of carbonyl (C=O) groups is 1. The van der Waals surface area contributed by atoms with Crippen molar-refractivity contribution in [1.29, 1.82) is 0 Å². The summed E-state index contributed by atoms with van der Waals surface area (Å²) in [4.78, 5) is 15.6. The minimum atomic E-state index is 0. The number of rotatable bonds is 10. The molecule has 0 saturated carbocycles. The number of halogens is 1. The standard InChI is InChI=1S/C25H32N2O.ClH/c1-4-16-26(5-2)17-8-6-10-21-12-14-22(15-13-21)25(28)24-20(3)19-23-11-7-9-18-27(23)24;/h7,9,11-15,18-19H,4-6,8,10,16-17H2,1-3H3;1H. The Bertz CT molecular complexity index is 914. The highest BCUT2D eigenvalue weighted by Gasteiger charge is 2.16. The lowest BCUT2D eigenvalue weighted by atomic mass is 10.0. The van der Waals surface area contributed by atoms with Crippen molar-refractivity contribution in [2.45, 2.75) is 46.5 Å². The zero-order valence-corrected chi connectivity index (χ0v) is 18.7. The maximum absolute atomic E-state index is 13.1. The maximum atomic E-state index is 13.1. The number of benzene rings is 1. The van der Waals surface area contributed by atoms with Gasteiger partial charge in [0.05, 0.1) is 5.69 Å². The van der Waals surface area contributed by atoms with Gasteiger partial charge in [-0.2, -0.15) is 0 Å². The molecule has 0 unspecified atom stereocenters. The van der Waals surface area contributed by atoms with Crippen molar-refractivity contribution < 1.29 is 4.79 Å². The second-order valence-corrected chi connectivity index (χ2v) is 7.59. The first kappa shape index (κ1) is 23.2. The molecule has 4 heteroatoms. The SMILES string of the molecule is CCCN(CC)CCCCc1ccc(C(=O)c2c(C)cc3ccccn23)cc1.Cl. The van der Waals surface area contributed by atoms with Gasteiger partial charge >= 0.3 is 0 Å². The lowest BCUT2D eigenvalue weighted by Gasteiger charge is -2.19. The van der Waals surface area contributed by atoms with Crippen LogP contribution in [-0.2, 0) is 6.42 Å². The summed E-state index contributed by atoms with van der Waals surface area (Å²) >= 11 is 0. The largest absolute Gasteiger partial charge is 0.313 e. The third-order valence-corrected chi connectivity index (χ3v) is 5.48. The molecule has 3 aromatic rings. The van der Waals surface area contributed by atoms with Gasteiger partial charge in [-0.25, -0.2) is 0 Å². The summed E-state index contributed by atoms with van der Waals surface area (Å²) in [7, 11) is 0. The lowest BCUT2D eigenvalue weighted by molar-refractivity contribution is 0.103. The minimum Gasteiger partial charge on any atom is -0.313 e. The number of hydrogen-bond donors (Lipinski definition) is 0. The van der Waals surface area contributed by atoms with Crippen molar-refractivity contribution in [2.24, 2.45) is 0 Å². The number of fused-ring (bicyclic) bond motifs is 1. The van der Waals surface area contributed by atoms with E-state index in [0.29, 0.717) is 0 Å². The summed E-state index contributed by atoms with van der Waals surface area (Å²) in [5.41, 5.74) is 4.92. The smallest absolute Gasteiger partial charge is 0.210 e. The molecule has 0 fully saturated rings. The molecule has 0 bridgehead atoms. The number of aromatic nitrogens is 1. The van der Waals surface area contributed by atoms with Crippen LogP contribution in [0.5, 0.6) is 0 Å². The predicted molar refractivity (Wildman–Crippen MR) is 125 cm³/mol. The second kappa shape index (κ2) is 11.2. The van der Waals surface area contributed by atoms with Crippen molar-refractivity contribution in [3.05, 3.63) is 77.1 Å². The van der Waals surface area contributed by atoms with E-state index in [1.165, 1.54) is 37.9 Å². The lowest BCUT2D eigenvalue weighted by Crippen LogP contribution is -2.25. The van der Waals surface area contributed by atoms with E-state index in [0.717, 1.165) is 35.3 Å². The highest BCUT2D eigenvalue weighted by Crippen LogP contribution is 2.20. The molecular weight excluding hydrogens is 380 g/mol. The van der Waals surface area contributed by atoms with Gasteiger partial charge in [0.15, 0.2) is 0 Å². The predicted octanol–water partition coefficient (Wildman–Crippen LogP) is 5.96. The molecule has 0 spiro atoms. The van der Waals surface area contributed by atoms with Gasteiger partial charge in [0, 0.05) is 17.3 Å². The quantitative estimate of drug-likeness (QED) is 0.303. The normalized spacial score (nSPS) is 11.0. The van der Waals surface area contributed by atoms with E-state index in [-0.39, 0.29) is 18.2 Å². The van der Waals surface area contributed by atoms with E-state index in [1.54, 1.807) is 0 Å². The number of ketones is 1. The van der Waals surface area contributed by atoms with Crippen LogP contribution in [0.4, 0.5) is 0 Å². The Hall–Kier alpha value is -2.10. The zero-order chi connectivity index (χ0) is 19.9. The Labute approximate surface area is 181 Å². The molecule has 3 rings (SSSR count). The fourth-order valence-electron chi connectivity index (χ4n) is 3.91. The molecule has 2 aromatic heterocycles. The van der Waals surface area contributed by atoms with Crippen LogP contribution in [0.2, 0.25) is 0 Å². The summed E-state index contributed by atoms with van der Waals surface area (Å²) in [5, 5.41) is 0. The Morgan fingerprint density at radius 1 is 1.00 bits per heavy atom. The van der Waals surface area contributed by atoms with Crippen molar-refractivity contribution in [3.8, 4) is 0 Å². The molecule has 0 radical (unpaired) electrons. The van der Waals surface area contributed by atoms with Gasteiger partial charge < -0.3 is 9.30 Å². The Balaban J connectivity index is 0.00000300. The second-order valence-electron chi connectivity index (χ2n) is 7.59. The number of carbonyl (C=O) groups excluding carboxylic acids is 1. The van der Waals surface area contributed by atoms with Crippen molar-refractivity contribution in [3.63, 3.8) is 0 Å². The highest BCUT2D eigenvalue weighted by atomic mass is 35.5. The molecule has 0 amide bonds. The minimum absolute atomic E-state index is 0. The van der Waals surface area contributed by atoms with Crippen molar-refractivity contribution >= 4 is 23.7 Å². The molecule has 3 nitrogen and oxygen atoms in total. The number of hydrogen-bond acceptors (Lipinski definition) is 2. The van der Waals surface area contributed by atoms with E-state index >= 15 is 0 Å². The fraction of sp³-hybridized carbons (Fsp3) is 0.400. The van der Waals surface area contributed by atoms with Gasteiger partial charge in [-0.05, 0) is 81.6 Å². The third kappa shape index (κ3) is 5.71. The van der Waals surface area contributed by atoms with E-state index < -0.39 is 0 Å². The number of aryl methyl sites for hydroxylation is 2. The van der Waals surface area contributed by atoms with Gasteiger partial charge in [0.1, 0.15) is 0 Å².